The van der Waals surface area contributed by atoms with Crippen LogP contribution in [0.25, 0.3) is 10.9 Å². The fourth-order valence-corrected chi connectivity index (χ4v) is 2.85. The molecule has 21 heavy (non-hydrogen) atoms. The summed E-state index contributed by atoms with van der Waals surface area (Å²) in [5.41, 5.74) is 1.44. The Hall–Kier alpha value is -1.61. The number of hydrogen-bond acceptors (Lipinski definition) is 2. The third-order valence-electron chi connectivity index (χ3n) is 3.73. The number of hydrogen-bond donors (Lipinski definition) is 0. The van der Waals surface area contributed by atoms with Gasteiger partial charge < -0.3 is 4.90 Å². The Morgan fingerprint density at radius 2 is 2.10 bits per heavy atom. The van der Waals surface area contributed by atoms with Gasteiger partial charge in [0.05, 0.1) is 11.1 Å². The lowest BCUT2D eigenvalue weighted by Crippen LogP contribution is -2.36. The fourth-order valence-electron chi connectivity index (χ4n) is 2.65. The second kappa shape index (κ2) is 5.64. The maximum absolute atomic E-state index is 13.0. The van der Waals surface area contributed by atoms with Crippen LogP contribution in [0.3, 0.4) is 0 Å². The molecule has 110 valence electrons. The zero-order valence-electron chi connectivity index (χ0n) is 12.3. The van der Waals surface area contributed by atoms with Crippen LogP contribution in [0.4, 0.5) is 0 Å². The van der Waals surface area contributed by atoms with E-state index in [1.54, 1.807) is 6.07 Å². The van der Waals surface area contributed by atoms with Crippen molar-refractivity contribution in [3.63, 3.8) is 0 Å². The molecule has 1 aliphatic carbocycles. The lowest BCUT2D eigenvalue weighted by Gasteiger charge is -2.25. The van der Waals surface area contributed by atoms with Gasteiger partial charge in [0.2, 0.25) is 0 Å². The Bertz CT molecular complexity index is 680. The Morgan fingerprint density at radius 3 is 2.76 bits per heavy atom. The molecule has 3 nitrogen and oxygen atoms in total. The fraction of sp³-hybridized carbons (Fsp3) is 0.412. The topological polar surface area (TPSA) is 33.2 Å². The van der Waals surface area contributed by atoms with Crippen LogP contribution in [0.15, 0.2) is 30.3 Å². The average molecular weight is 303 g/mol. The first-order valence-electron chi connectivity index (χ1n) is 7.42. The van der Waals surface area contributed by atoms with Gasteiger partial charge in [0.15, 0.2) is 0 Å². The lowest BCUT2D eigenvalue weighted by molar-refractivity contribution is 0.0724. The summed E-state index contributed by atoms with van der Waals surface area (Å²) < 4.78 is 0. The van der Waals surface area contributed by atoms with E-state index in [-0.39, 0.29) is 5.91 Å². The highest BCUT2D eigenvalue weighted by molar-refractivity contribution is 6.30. The summed E-state index contributed by atoms with van der Waals surface area (Å²) in [5, 5.41) is 1.25. The second-order valence-electron chi connectivity index (χ2n) is 6.09. The van der Waals surface area contributed by atoms with Gasteiger partial charge in [-0.05, 0) is 30.9 Å². The average Bonchev–Trinajstić information content (AvgIpc) is 3.27. The molecule has 2 aromatic rings. The van der Waals surface area contributed by atoms with E-state index in [0.29, 0.717) is 22.7 Å². The minimum Gasteiger partial charge on any atom is -0.335 e. The Morgan fingerprint density at radius 1 is 1.38 bits per heavy atom. The van der Waals surface area contributed by atoms with Gasteiger partial charge in [-0.1, -0.05) is 43.6 Å². The maximum Gasteiger partial charge on any atom is 0.254 e. The van der Waals surface area contributed by atoms with Crippen molar-refractivity contribution in [2.24, 2.45) is 5.92 Å². The van der Waals surface area contributed by atoms with Crippen molar-refractivity contribution in [1.82, 2.24) is 9.88 Å². The van der Waals surface area contributed by atoms with Crippen molar-refractivity contribution in [2.45, 2.75) is 32.7 Å². The first kappa shape index (κ1) is 14.3. The predicted octanol–water partition coefficient (Wildman–Crippen LogP) is 4.15. The third-order valence-corrected chi connectivity index (χ3v) is 3.92. The van der Waals surface area contributed by atoms with E-state index in [2.05, 4.69) is 18.8 Å². The molecule has 4 heteroatoms. The molecular formula is C17H19ClN2O. The quantitative estimate of drug-likeness (QED) is 0.795. The van der Waals surface area contributed by atoms with Gasteiger partial charge in [0, 0.05) is 18.0 Å². The van der Waals surface area contributed by atoms with Crippen LogP contribution in [0.2, 0.25) is 5.15 Å². The summed E-state index contributed by atoms with van der Waals surface area (Å²) >= 11 is 6.09. The SMILES string of the molecule is CC(C)CN(C(=O)c1cc(Cl)nc2ccccc12)C1CC1. The smallest absolute Gasteiger partial charge is 0.254 e. The molecule has 0 aliphatic heterocycles. The Balaban J connectivity index is 2.03. The number of nitrogens with zero attached hydrogens (tertiary/aromatic N) is 2. The zero-order valence-corrected chi connectivity index (χ0v) is 13.1. The lowest BCUT2D eigenvalue weighted by atomic mass is 10.1. The predicted molar refractivity (Wildman–Crippen MR) is 85.6 cm³/mol. The number of benzene rings is 1. The van der Waals surface area contributed by atoms with E-state index in [4.69, 9.17) is 11.6 Å². The van der Waals surface area contributed by atoms with Crippen molar-refractivity contribution in [3.05, 3.63) is 41.0 Å². The molecule has 0 saturated heterocycles. The van der Waals surface area contributed by atoms with Gasteiger partial charge in [-0.2, -0.15) is 0 Å². The van der Waals surface area contributed by atoms with Crippen LogP contribution >= 0.6 is 11.6 Å². The molecule has 0 bridgehead atoms. The van der Waals surface area contributed by atoms with E-state index < -0.39 is 0 Å². The van der Waals surface area contributed by atoms with Crippen LogP contribution in [0, 0.1) is 5.92 Å². The summed E-state index contributed by atoms with van der Waals surface area (Å²) in [4.78, 5) is 19.3. The zero-order chi connectivity index (χ0) is 15.0. The number of halogens is 1. The molecule has 0 N–H and O–H groups in total. The molecule has 1 aromatic heterocycles. The van der Waals surface area contributed by atoms with E-state index in [0.717, 1.165) is 30.3 Å². The normalized spacial score (nSPS) is 14.7. The standard InChI is InChI=1S/C17H19ClN2O/c1-11(2)10-20(12-7-8-12)17(21)14-9-16(18)19-15-6-4-3-5-13(14)15/h3-6,9,11-12H,7-8,10H2,1-2H3. The molecule has 3 rings (SSSR count). The molecule has 1 aromatic carbocycles. The monoisotopic (exact) mass is 302 g/mol. The van der Waals surface area contributed by atoms with Crippen molar-refractivity contribution in [3.8, 4) is 0 Å². The van der Waals surface area contributed by atoms with Gasteiger partial charge in [-0.25, -0.2) is 4.98 Å². The third kappa shape index (κ3) is 3.03. The van der Waals surface area contributed by atoms with E-state index in [9.17, 15) is 4.79 Å². The minimum atomic E-state index is 0.0756. The molecule has 1 amide bonds. The number of aromatic nitrogens is 1. The summed E-state index contributed by atoms with van der Waals surface area (Å²) in [6.45, 7) is 5.07. The number of fused-ring (bicyclic) bond motifs is 1. The highest BCUT2D eigenvalue weighted by atomic mass is 35.5. The van der Waals surface area contributed by atoms with Gasteiger partial charge in [0.25, 0.3) is 5.91 Å². The molecule has 0 atom stereocenters. The van der Waals surface area contributed by atoms with Crippen molar-refractivity contribution in [2.75, 3.05) is 6.54 Å². The van der Waals surface area contributed by atoms with Gasteiger partial charge in [-0.15, -0.1) is 0 Å². The van der Waals surface area contributed by atoms with Gasteiger partial charge in [0.1, 0.15) is 5.15 Å². The minimum absolute atomic E-state index is 0.0756. The molecule has 1 aliphatic rings. The van der Waals surface area contributed by atoms with Crippen molar-refractivity contribution in [1.29, 1.82) is 0 Å². The first-order valence-corrected chi connectivity index (χ1v) is 7.80. The summed E-state index contributed by atoms with van der Waals surface area (Å²) in [6, 6.07) is 9.76. The van der Waals surface area contributed by atoms with Crippen molar-refractivity contribution < 1.29 is 4.79 Å². The number of carbonyl (C=O) groups excluding carboxylic acids is 1. The highest BCUT2D eigenvalue weighted by Crippen LogP contribution is 2.31. The number of carbonyl (C=O) groups is 1. The van der Waals surface area contributed by atoms with Crippen molar-refractivity contribution >= 4 is 28.4 Å². The molecular weight excluding hydrogens is 284 g/mol. The Kier molecular flexibility index (Phi) is 3.85. The van der Waals surface area contributed by atoms with E-state index >= 15 is 0 Å². The summed E-state index contributed by atoms with van der Waals surface area (Å²) in [7, 11) is 0. The highest BCUT2D eigenvalue weighted by Gasteiger charge is 2.34. The number of amides is 1. The molecule has 1 saturated carbocycles. The molecule has 0 unspecified atom stereocenters. The van der Waals surface area contributed by atoms with Crippen LogP contribution in [-0.4, -0.2) is 28.4 Å². The van der Waals surface area contributed by atoms with Crippen LogP contribution in [-0.2, 0) is 0 Å². The van der Waals surface area contributed by atoms with Crippen LogP contribution in [0.5, 0.6) is 0 Å². The van der Waals surface area contributed by atoms with Crippen LogP contribution in [0.1, 0.15) is 37.0 Å². The molecule has 1 heterocycles. The van der Waals surface area contributed by atoms with Gasteiger partial charge in [-0.3, -0.25) is 4.79 Å². The van der Waals surface area contributed by atoms with Crippen LogP contribution < -0.4 is 0 Å². The first-order chi connectivity index (χ1) is 10.1. The summed E-state index contributed by atoms with van der Waals surface area (Å²) in [5.74, 6) is 0.532. The second-order valence-corrected chi connectivity index (χ2v) is 6.48. The number of para-hydroxylation sites is 1. The van der Waals surface area contributed by atoms with Gasteiger partial charge >= 0.3 is 0 Å². The molecule has 0 spiro atoms. The number of pyridine rings is 1. The number of rotatable bonds is 4. The van der Waals surface area contributed by atoms with E-state index in [1.807, 2.05) is 29.2 Å². The molecule has 0 radical (unpaired) electrons. The maximum atomic E-state index is 13.0. The van der Waals surface area contributed by atoms with E-state index in [1.165, 1.54) is 0 Å². The summed E-state index contributed by atoms with van der Waals surface area (Å²) in [6.07, 6.45) is 2.21. The largest absolute Gasteiger partial charge is 0.335 e. The Labute approximate surface area is 129 Å². The molecule has 1 fully saturated rings.